The Bertz CT molecular complexity index is 379. The predicted octanol–water partition coefficient (Wildman–Crippen LogP) is 1.75. The summed E-state index contributed by atoms with van der Waals surface area (Å²) in [4.78, 5) is 11.4. The van der Waals surface area contributed by atoms with Crippen LogP contribution in [0.5, 0.6) is 0 Å². The fourth-order valence-electron chi connectivity index (χ4n) is 2.66. The fourth-order valence-corrected chi connectivity index (χ4v) is 2.66. The number of nitrogens with one attached hydrogen (secondary N) is 1. The van der Waals surface area contributed by atoms with Crippen molar-refractivity contribution in [1.82, 2.24) is 15.3 Å². The summed E-state index contributed by atoms with van der Waals surface area (Å²) in [7, 11) is 0. The minimum Gasteiger partial charge on any atom is -0.338 e. The number of rotatable bonds is 4. The molecule has 1 N–H and O–H groups in total. The molecule has 1 saturated carbocycles. The van der Waals surface area contributed by atoms with Crippen molar-refractivity contribution < 1.29 is 0 Å². The molecule has 3 rings (SSSR count). The molecule has 0 atom stereocenters. The third kappa shape index (κ3) is 2.80. The van der Waals surface area contributed by atoms with Crippen molar-refractivity contribution in [3.63, 3.8) is 0 Å². The molecule has 0 radical (unpaired) electrons. The van der Waals surface area contributed by atoms with E-state index in [0.29, 0.717) is 6.04 Å². The molecule has 2 fully saturated rings. The van der Waals surface area contributed by atoms with Crippen LogP contribution in [0, 0.1) is 12.8 Å². The van der Waals surface area contributed by atoms with Crippen LogP contribution in [-0.4, -0.2) is 35.6 Å². The molecule has 1 aromatic heterocycles. The molecule has 0 amide bonds. The molecule has 0 aromatic carbocycles. The van der Waals surface area contributed by atoms with Gasteiger partial charge in [0, 0.05) is 25.0 Å². The van der Waals surface area contributed by atoms with Crippen LogP contribution in [0.1, 0.15) is 31.2 Å². The Hall–Kier alpha value is -1.16. The van der Waals surface area contributed by atoms with Crippen molar-refractivity contribution in [3.05, 3.63) is 18.0 Å². The van der Waals surface area contributed by atoms with Gasteiger partial charge < -0.3 is 10.2 Å². The van der Waals surface area contributed by atoms with Gasteiger partial charge in [0.25, 0.3) is 0 Å². The van der Waals surface area contributed by atoms with Gasteiger partial charge >= 0.3 is 0 Å². The quantitative estimate of drug-likeness (QED) is 0.879. The van der Waals surface area contributed by atoms with Crippen LogP contribution in [0.2, 0.25) is 0 Å². The molecule has 2 heterocycles. The predicted molar refractivity (Wildman–Crippen MR) is 72.7 cm³/mol. The average molecular weight is 246 g/mol. The zero-order valence-corrected chi connectivity index (χ0v) is 11.1. The third-order valence-electron chi connectivity index (χ3n) is 3.93. The summed E-state index contributed by atoms with van der Waals surface area (Å²) in [5.74, 6) is 1.73. The van der Waals surface area contributed by atoms with Gasteiger partial charge in [0.1, 0.15) is 0 Å². The molecule has 1 aliphatic heterocycles. The van der Waals surface area contributed by atoms with E-state index in [4.69, 9.17) is 0 Å². The van der Waals surface area contributed by atoms with E-state index in [0.717, 1.165) is 37.1 Å². The highest BCUT2D eigenvalue weighted by atomic mass is 15.3. The van der Waals surface area contributed by atoms with Gasteiger partial charge in [0.2, 0.25) is 5.95 Å². The van der Waals surface area contributed by atoms with E-state index < -0.39 is 0 Å². The first-order valence-corrected chi connectivity index (χ1v) is 7.09. The maximum absolute atomic E-state index is 4.50. The van der Waals surface area contributed by atoms with Crippen molar-refractivity contribution in [2.24, 2.45) is 5.92 Å². The molecule has 0 unspecified atom stereocenters. The van der Waals surface area contributed by atoms with E-state index in [9.17, 15) is 0 Å². The number of nitrogens with zero attached hydrogens (tertiary/aromatic N) is 3. The van der Waals surface area contributed by atoms with Crippen LogP contribution in [-0.2, 0) is 0 Å². The Kier molecular flexibility index (Phi) is 3.46. The topological polar surface area (TPSA) is 41.1 Å². The lowest BCUT2D eigenvalue weighted by Gasteiger charge is -2.30. The molecule has 1 aromatic rings. The molecule has 0 bridgehead atoms. The minimum absolute atomic E-state index is 0.697. The van der Waals surface area contributed by atoms with E-state index in [2.05, 4.69) is 20.2 Å². The zero-order valence-electron chi connectivity index (χ0n) is 11.1. The number of piperidine rings is 1. The zero-order chi connectivity index (χ0) is 12.4. The van der Waals surface area contributed by atoms with Crippen molar-refractivity contribution in [2.45, 2.75) is 38.6 Å². The standard InChI is InChI=1S/C14H22N4/c1-11-8-16-14(17-9-11)18(13-2-3-13)10-12-4-6-15-7-5-12/h8-9,12-13,15H,2-7,10H2,1H3. The molecule has 98 valence electrons. The molecule has 18 heavy (non-hydrogen) atoms. The number of hydrogen-bond donors (Lipinski definition) is 1. The number of anilines is 1. The van der Waals surface area contributed by atoms with Crippen molar-refractivity contribution >= 4 is 5.95 Å². The Morgan fingerprint density at radius 2 is 1.83 bits per heavy atom. The van der Waals surface area contributed by atoms with E-state index in [1.165, 1.54) is 25.7 Å². The first-order chi connectivity index (χ1) is 8.83. The minimum atomic E-state index is 0.697. The van der Waals surface area contributed by atoms with Crippen LogP contribution < -0.4 is 10.2 Å². The summed E-state index contributed by atoms with van der Waals surface area (Å²) in [6.45, 7) is 5.50. The second-order valence-electron chi connectivity index (χ2n) is 5.64. The Morgan fingerprint density at radius 3 is 2.44 bits per heavy atom. The van der Waals surface area contributed by atoms with Crippen LogP contribution in [0.25, 0.3) is 0 Å². The maximum atomic E-state index is 4.50. The highest BCUT2D eigenvalue weighted by Gasteiger charge is 2.32. The molecule has 4 heteroatoms. The fraction of sp³-hybridized carbons (Fsp3) is 0.714. The Balaban J connectivity index is 1.69. The summed E-state index contributed by atoms with van der Waals surface area (Å²) < 4.78 is 0. The van der Waals surface area contributed by atoms with Crippen LogP contribution in [0.4, 0.5) is 5.95 Å². The van der Waals surface area contributed by atoms with Gasteiger partial charge in [-0.05, 0) is 57.2 Å². The van der Waals surface area contributed by atoms with Gasteiger partial charge in [0.15, 0.2) is 0 Å². The summed E-state index contributed by atoms with van der Waals surface area (Å²) in [5, 5.41) is 3.43. The second kappa shape index (κ2) is 5.22. The monoisotopic (exact) mass is 246 g/mol. The van der Waals surface area contributed by atoms with Gasteiger partial charge in [-0.3, -0.25) is 0 Å². The smallest absolute Gasteiger partial charge is 0.225 e. The molecule has 1 aliphatic carbocycles. The summed E-state index contributed by atoms with van der Waals surface area (Å²) in [5.41, 5.74) is 1.14. The summed E-state index contributed by atoms with van der Waals surface area (Å²) in [6.07, 6.45) is 9.05. The van der Waals surface area contributed by atoms with Gasteiger partial charge in [-0.25, -0.2) is 9.97 Å². The Morgan fingerprint density at radius 1 is 1.17 bits per heavy atom. The van der Waals surface area contributed by atoms with Gasteiger partial charge in [-0.1, -0.05) is 0 Å². The van der Waals surface area contributed by atoms with Crippen molar-refractivity contribution in [1.29, 1.82) is 0 Å². The second-order valence-corrected chi connectivity index (χ2v) is 5.64. The SMILES string of the molecule is Cc1cnc(N(CC2CCNCC2)C2CC2)nc1. The molecule has 1 saturated heterocycles. The van der Waals surface area contributed by atoms with Crippen molar-refractivity contribution in [3.8, 4) is 0 Å². The average Bonchev–Trinajstić information content (AvgIpc) is 3.23. The number of hydrogen-bond acceptors (Lipinski definition) is 4. The van der Waals surface area contributed by atoms with Gasteiger partial charge in [0.05, 0.1) is 0 Å². The Labute approximate surface area is 109 Å². The third-order valence-corrected chi connectivity index (χ3v) is 3.93. The van der Waals surface area contributed by atoms with E-state index in [1.54, 1.807) is 0 Å². The van der Waals surface area contributed by atoms with Gasteiger partial charge in [-0.15, -0.1) is 0 Å². The highest BCUT2D eigenvalue weighted by molar-refractivity contribution is 5.34. The van der Waals surface area contributed by atoms with Crippen LogP contribution >= 0.6 is 0 Å². The van der Waals surface area contributed by atoms with Crippen LogP contribution in [0.3, 0.4) is 0 Å². The van der Waals surface area contributed by atoms with E-state index in [1.807, 2.05) is 19.3 Å². The number of aryl methyl sites for hydroxylation is 1. The summed E-state index contributed by atoms with van der Waals surface area (Å²) in [6, 6.07) is 0.697. The molecule has 4 nitrogen and oxygen atoms in total. The van der Waals surface area contributed by atoms with Crippen LogP contribution in [0.15, 0.2) is 12.4 Å². The largest absolute Gasteiger partial charge is 0.338 e. The maximum Gasteiger partial charge on any atom is 0.225 e. The molecular weight excluding hydrogens is 224 g/mol. The normalized spacial score (nSPS) is 20.9. The summed E-state index contributed by atoms with van der Waals surface area (Å²) >= 11 is 0. The lowest BCUT2D eigenvalue weighted by atomic mass is 9.97. The highest BCUT2D eigenvalue weighted by Crippen LogP contribution is 2.31. The lowest BCUT2D eigenvalue weighted by molar-refractivity contribution is 0.371. The van der Waals surface area contributed by atoms with Crippen molar-refractivity contribution in [2.75, 3.05) is 24.5 Å². The van der Waals surface area contributed by atoms with Gasteiger partial charge in [-0.2, -0.15) is 0 Å². The molecule has 2 aliphatic rings. The number of aromatic nitrogens is 2. The first-order valence-electron chi connectivity index (χ1n) is 7.09. The lowest BCUT2D eigenvalue weighted by Crippen LogP contribution is -2.38. The van der Waals surface area contributed by atoms with E-state index >= 15 is 0 Å². The molecular formula is C14H22N4. The molecule has 0 spiro atoms. The van der Waals surface area contributed by atoms with E-state index in [-0.39, 0.29) is 0 Å². The first kappa shape index (κ1) is 11.9.